The van der Waals surface area contributed by atoms with Gasteiger partial charge in [-0.3, -0.25) is 4.79 Å². The van der Waals surface area contributed by atoms with Gasteiger partial charge in [0.1, 0.15) is 5.75 Å². The highest BCUT2D eigenvalue weighted by Gasteiger charge is 2.28. The first-order chi connectivity index (χ1) is 9.24. The van der Waals surface area contributed by atoms with E-state index in [1.54, 1.807) is 0 Å². The van der Waals surface area contributed by atoms with Crippen molar-refractivity contribution in [3.05, 3.63) is 22.7 Å². The number of benzene rings is 1. The third-order valence-corrected chi connectivity index (χ3v) is 4.20. The largest absolute Gasteiger partial charge is 0.482 e. The third kappa shape index (κ3) is 2.77. The summed E-state index contributed by atoms with van der Waals surface area (Å²) >= 11 is 3.46. The van der Waals surface area contributed by atoms with Crippen LogP contribution in [-0.2, 0) is 4.79 Å². The van der Waals surface area contributed by atoms with Gasteiger partial charge in [0.25, 0.3) is 5.91 Å². The van der Waals surface area contributed by atoms with Crippen molar-refractivity contribution in [3.8, 4) is 5.75 Å². The van der Waals surface area contributed by atoms with Crippen molar-refractivity contribution in [1.29, 1.82) is 0 Å². The number of hydrogen-bond acceptors (Lipinski definition) is 3. The molecule has 0 aromatic heterocycles. The zero-order chi connectivity index (χ0) is 13.2. The molecule has 1 fully saturated rings. The molecule has 1 aromatic carbocycles. The molecule has 0 spiro atoms. The van der Waals surface area contributed by atoms with E-state index in [1.165, 1.54) is 12.8 Å². The molecular weight excluding hydrogens is 308 g/mol. The zero-order valence-electron chi connectivity index (χ0n) is 10.7. The van der Waals surface area contributed by atoms with Gasteiger partial charge in [0.05, 0.1) is 5.69 Å². The van der Waals surface area contributed by atoms with Gasteiger partial charge in [-0.15, -0.1) is 0 Å². The Balaban J connectivity index is 1.83. The zero-order valence-corrected chi connectivity index (χ0v) is 12.3. The summed E-state index contributed by atoms with van der Waals surface area (Å²) in [5.41, 5.74) is 0.885. The molecule has 3 rings (SSSR count). The average molecular weight is 325 g/mol. The Morgan fingerprint density at radius 2 is 2.37 bits per heavy atom. The van der Waals surface area contributed by atoms with Crippen LogP contribution in [0.3, 0.4) is 0 Å². The Kier molecular flexibility index (Phi) is 3.75. The van der Waals surface area contributed by atoms with Crippen LogP contribution < -0.4 is 15.0 Å². The summed E-state index contributed by atoms with van der Waals surface area (Å²) < 4.78 is 6.45. The molecule has 19 heavy (non-hydrogen) atoms. The van der Waals surface area contributed by atoms with Gasteiger partial charge in [-0.2, -0.15) is 0 Å². The predicted molar refractivity (Wildman–Crippen MR) is 77.6 cm³/mol. The predicted octanol–water partition coefficient (Wildman–Crippen LogP) is 2.17. The molecule has 1 amide bonds. The Bertz CT molecular complexity index is 486. The summed E-state index contributed by atoms with van der Waals surface area (Å²) in [6.07, 6.45) is 2.37. The molecule has 2 aliphatic rings. The van der Waals surface area contributed by atoms with Crippen LogP contribution in [0.5, 0.6) is 5.75 Å². The third-order valence-electron chi connectivity index (χ3n) is 3.70. The van der Waals surface area contributed by atoms with Gasteiger partial charge in [-0.05, 0) is 50.0 Å². The number of anilines is 1. The Labute approximate surface area is 121 Å². The molecule has 1 N–H and O–H groups in total. The topological polar surface area (TPSA) is 41.6 Å². The van der Waals surface area contributed by atoms with E-state index in [0.29, 0.717) is 5.92 Å². The second-order valence-corrected chi connectivity index (χ2v) is 6.03. The lowest BCUT2D eigenvalue weighted by Crippen LogP contribution is -2.45. The van der Waals surface area contributed by atoms with E-state index in [0.717, 1.165) is 35.5 Å². The molecule has 0 bridgehead atoms. The van der Waals surface area contributed by atoms with Crippen molar-refractivity contribution < 1.29 is 9.53 Å². The lowest BCUT2D eigenvalue weighted by Gasteiger charge is -2.33. The van der Waals surface area contributed by atoms with Crippen LogP contribution in [0.15, 0.2) is 22.7 Å². The van der Waals surface area contributed by atoms with E-state index in [-0.39, 0.29) is 12.5 Å². The number of hydrogen-bond donors (Lipinski definition) is 1. The number of carbonyl (C=O) groups is 1. The number of ether oxygens (including phenoxy) is 1. The maximum Gasteiger partial charge on any atom is 0.265 e. The molecule has 1 saturated heterocycles. The molecule has 0 saturated carbocycles. The van der Waals surface area contributed by atoms with Crippen LogP contribution >= 0.6 is 15.9 Å². The van der Waals surface area contributed by atoms with Crippen molar-refractivity contribution in [2.45, 2.75) is 12.8 Å². The maximum atomic E-state index is 12.1. The van der Waals surface area contributed by atoms with Crippen LogP contribution in [0.1, 0.15) is 12.8 Å². The number of amides is 1. The summed E-state index contributed by atoms with van der Waals surface area (Å²) in [6, 6.07) is 5.82. The van der Waals surface area contributed by atoms with Crippen molar-refractivity contribution in [2.24, 2.45) is 5.92 Å². The minimum absolute atomic E-state index is 0.0520. The molecule has 1 unspecified atom stereocenters. The number of fused-ring (bicyclic) bond motifs is 1. The van der Waals surface area contributed by atoms with E-state index in [2.05, 4.69) is 21.2 Å². The molecule has 1 atom stereocenters. The summed E-state index contributed by atoms with van der Waals surface area (Å²) in [5, 5.41) is 3.40. The molecular formula is C14H17BrN2O2. The SMILES string of the molecule is O=C1COc2ccc(Br)cc2N1CC1CCCNC1. The highest BCUT2D eigenvalue weighted by atomic mass is 79.9. The van der Waals surface area contributed by atoms with Gasteiger partial charge in [0, 0.05) is 11.0 Å². The van der Waals surface area contributed by atoms with Gasteiger partial charge in [0.15, 0.2) is 6.61 Å². The van der Waals surface area contributed by atoms with Crippen LogP contribution in [0.25, 0.3) is 0 Å². The average Bonchev–Trinajstić information content (AvgIpc) is 2.43. The molecule has 0 aliphatic carbocycles. The van der Waals surface area contributed by atoms with E-state index < -0.39 is 0 Å². The van der Waals surface area contributed by atoms with Crippen LogP contribution in [0.4, 0.5) is 5.69 Å². The number of nitrogens with one attached hydrogen (secondary N) is 1. The first-order valence-electron chi connectivity index (χ1n) is 6.67. The summed E-state index contributed by atoms with van der Waals surface area (Å²) in [4.78, 5) is 14.0. The smallest absolute Gasteiger partial charge is 0.265 e. The molecule has 4 nitrogen and oxygen atoms in total. The fourth-order valence-electron chi connectivity index (χ4n) is 2.71. The van der Waals surface area contributed by atoms with Crippen LogP contribution in [-0.4, -0.2) is 32.1 Å². The molecule has 1 aromatic rings. The normalized spacial score (nSPS) is 22.9. The number of rotatable bonds is 2. The van der Waals surface area contributed by atoms with Gasteiger partial charge in [-0.1, -0.05) is 15.9 Å². The fraction of sp³-hybridized carbons (Fsp3) is 0.500. The van der Waals surface area contributed by atoms with E-state index >= 15 is 0 Å². The Morgan fingerprint density at radius 3 is 3.16 bits per heavy atom. The number of carbonyl (C=O) groups excluding carboxylic acids is 1. The second kappa shape index (κ2) is 5.51. The standard InChI is InChI=1S/C14H17BrN2O2/c15-11-3-4-13-12(6-11)17(14(18)9-19-13)8-10-2-1-5-16-7-10/h3-4,6,10,16H,1-2,5,7-9H2. The van der Waals surface area contributed by atoms with Crippen LogP contribution in [0, 0.1) is 5.92 Å². The lowest BCUT2D eigenvalue weighted by atomic mass is 9.98. The highest BCUT2D eigenvalue weighted by molar-refractivity contribution is 9.10. The van der Waals surface area contributed by atoms with E-state index in [1.807, 2.05) is 23.1 Å². The summed E-state index contributed by atoms with van der Waals surface area (Å²) in [7, 11) is 0. The molecule has 0 radical (unpaired) electrons. The van der Waals surface area contributed by atoms with Crippen molar-refractivity contribution in [3.63, 3.8) is 0 Å². The number of halogens is 1. The van der Waals surface area contributed by atoms with Gasteiger partial charge in [0.2, 0.25) is 0 Å². The maximum absolute atomic E-state index is 12.1. The summed E-state index contributed by atoms with van der Waals surface area (Å²) in [5.74, 6) is 1.38. The van der Waals surface area contributed by atoms with Crippen molar-refractivity contribution in [1.82, 2.24) is 5.32 Å². The van der Waals surface area contributed by atoms with Crippen molar-refractivity contribution in [2.75, 3.05) is 31.1 Å². The minimum atomic E-state index is 0.0520. The van der Waals surface area contributed by atoms with Crippen molar-refractivity contribution >= 4 is 27.5 Å². The number of piperidine rings is 1. The first-order valence-corrected chi connectivity index (χ1v) is 7.47. The molecule has 2 heterocycles. The van der Waals surface area contributed by atoms with Gasteiger partial charge < -0.3 is 15.0 Å². The first kappa shape index (κ1) is 12.9. The van der Waals surface area contributed by atoms with E-state index in [4.69, 9.17) is 4.74 Å². The second-order valence-electron chi connectivity index (χ2n) is 5.12. The monoisotopic (exact) mass is 324 g/mol. The number of nitrogens with zero attached hydrogens (tertiary/aromatic N) is 1. The molecule has 5 heteroatoms. The Morgan fingerprint density at radius 1 is 1.47 bits per heavy atom. The quantitative estimate of drug-likeness (QED) is 0.906. The minimum Gasteiger partial charge on any atom is -0.482 e. The van der Waals surface area contributed by atoms with E-state index in [9.17, 15) is 4.79 Å². The lowest BCUT2D eigenvalue weighted by molar-refractivity contribution is -0.121. The van der Waals surface area contributed by atoms with Gasteiger partial charge in [-0.25, -0.2) is 0 Å². The fourth-order valence-corrected chi connectivity index (χ4v) is 3.06. The Hall–Kier alpha value is -1.07. The highest BCUT2D eigenvalue weighted by Crippen LogP contribution is 2.35. The van der Waals surface area contributed by atoms with Crippen LogP contribution in [0.2, 0.25) is 0 Å². The van der Waals surface area contributed by atoms with Gasteiger partial charge >= 0.3 is 0 Å². The summed E-state index contributed by atoms with van der Waals surface area (Å²) in [6.45, 7) is 3.01. The molecule has 2 aliphatic heterocycles. The molecule has 102 valence electrons.